The van der Waals surface area contributed by atoms with Crippen LogP contribution in [0.15, 0.2) is 36.9 Å². The summed E-state index contributed by atoms with van der Waals surface area (Å²) >= 11 is 1.49. The molecule has 7 heteroatoms. The molecule has 120 valence electrons. The van der Waals surface area contributed by atoms with Crippen LogP contribution in [0.5, 0.6) is 0 Å². The fraction of sp³-hybridized carbons (Fsp3) is 0.176. The Kier molecular flexibility index (Phi) is 4.40. The molecule has 3 aromatic rings. The Balaban J connectivity index is 1.96. The first kappa shape index (κ1) is 15.9. The Hall–Kier alpha value is -2.98. The van der Waals surface area contributed by atoms with E-state index in [-0.39, 0.29) is 12.1 Å². The number of nitriles is 1. The fourth-order valence-corrected chi connectivity index (χ4v) is 3.33. The van der Waals surface area contributed by atoms with Crippen LogP contribution in [0, 0.1) is 11.3 Å². The lowest BCUT2D eigenvalue weighted by molar-refractivity contribution is -0.145. The lowest BCUT2D eigenvalue weighted by atomic mass is 10.1. The van der Waals surface area contributed by atoms with Crippen molar-refractivity contribution in [2.24, 2.45) is 0 Å². The number of hydrogen-bond donors (Lipinski definition) is 1. The van der Waals surface area contributed by atoms with Crippen molar-refractivity contribution in [3.8, 4) is 27.1 Å². The molecule has 0 aliphatic heterocycles. The molecule has 24 heavy (non-hydrogen) atoms. The quantitative estimate of drug-likeness (QED) is 0.732. The number of nitrogens with one attached hydrogen (secondary N) is 1. The Morgan fingerprint density at radius 2 is 2.29 bits per heavy atom. The normalized spacial score (nSPS) is 11.7. The minimum atomic E-state index is -0.372. The molecule has 3 heterocycles. The molecule has 0 bridgehead atoms. The number of carbonyl (C=O) groups is 1. The number of carbonyl (C=O) groups excluding carboxylic acids is 1. The largest absolute Gasteiger partial charge is 0.458 e. The third-order valence-corrected chi connectivity index (χ3v) is 4.54. The summed E-state index contributed by atoms with van der Waals surface area (Å²) in [6.45, 7) is 3.22. The zero-order chi connectivity index (χ0) is 17.1. The maximum absolute atomic E-state index is 11.2. The van der Waals surface area contributed by atoms with Crippen LogP contribution < -0.4 is 0 Å². The van der Waals surface area contributed by atoms with E-state index < -0.39 is 0 Å². The van der Waals surface area contributed by atoms with Gasteiger partial charge in [-0.15, -0.1) is 11.3 Å². The van der Waals surface area contributed by atoms with Gasteiger partial charge in [0, 0.05) is 48.4 Å². The SMILES string of the molecule is CC(=O)OC(C)c1ccncc1-c1cnc(-c2c[nH]c(C#N)c2)s1. The molecule has 0 aromatic carbocycles. The minimum Gasteiger partial charge on any atom is -0.458 e. The summed E-state index contributed by atoms with van der Waals surface area (Å²) in [7, 11) is 0. The molecule has 3 aromatic heterocycles. The number of rotatable bonds is 4. The molecule has 0 saturated carbocycles. The summed E-state index contributed by atoms with van der Waals surface area (Å²) < 4.78 is 5.28. The smallest absolute Gasteiger partial charge is 0.303 e. The number of thiazole rings is 1. The summed E-state index contributed by atoms with van der Waals surface area (Å²) in [5, 5.41) is 9.71. The zero-order valence-electron chi connectivity index (χ0n) is 13.1. The molecule has 0 saturated heterocycles. The highest BCUT2D eigenvalue weighted by molar-refractivity contribution is 7.18. The topological polar surface area (TPSA) is 91.7 Å². The molecule has 1 atom stereocenters. The second-order valence-corrected chi connectivity index (χ2v) is 6.19. The Morgan fingerprint density at radius 1 is 1.46 bits per heavy atom. The highest BCUT2D eigenvalue weighted by Gasteiger charge is 2.17. The average Bonchev–Trinajstić information content (AvgIpc) is 3.23. The molecule has 0 spiro atoms. The Bertz CT molecular complexity index is 923. The van der Waals surface area contributed by atoms with Crippen molar-refractivity contribution in [1.29, 1.82) is 5.26 Å². The van der Waals surface area contributed by atoms with E-state index in [0.717, 1.165) is 26.6 Å². The van der Waals surface area contributed by atoms with Gasteiger partial charge in [-0.2, -0.15) is 5.26 Å². The van der Waals surface area contributed by atoms with E-state index in [9.17, 15) is 4.79 Å². The van der Waals surface area contributed by atoms with E-state index in [4.69, 9.17) is 10.00 Å². The van der Waals surface area contributed by atoms with E-state index >= 15 is 0 Å². The molecule has 1 unspecified atom stereocenters. The molecule has 6 nitrogen and oxygen atoms in total. The van der Waals surface area contributed by atoms with Crippen LogP contribution in [0.4, 0.5) is 0 Å². The number of H-pyrrole nitrogens is 1. The van der Waals surface area contributed by atoms with Crippen molar-refractivity contribution in [1.82, 2.24) is 15.0 Å². The number of esters is 1. The van der Waals surface area contributed by atoms with E-state index in [0.29, 0.717) is 5.69 Å². The van der Waals surface area contributed by atoms with Gasteiger partial charge in [0.05, 0.1) is 4.88 Å². The van der Waals surface area contributed by atoms with Crippen LogP contribution in [0.25, 0.3) is 21.0 Å². The van der Waals surface area contributed by atoms with E-state index in [1.54, 1.807) is 30.9 Å². The van der Waals surface area contributed by atoms with Crippen LogP contribution in [-0.2, 0) is 9.53 Å². The second kappa shape index (κ2) is 6.64. The van der Waals surface area contributed by atoms with Gasteiger partial charge in [-0.05, 0) is 19.1 Å². The van der Waals surface area contributed by atoms with Gasteiger partial charge in [-0.1, -0.05) is 0 Å². The molecule has 0 amide bonds. The summed E-state index contributed by atoms with van der Waals surface area (Å²) in [6.07, 6.45) is 6.56. The molecule has 3 rings (SSSR count). The van der Waals surface area contributed by atoms with Gasteiger partial charge < -0.3 is 9.72 Å². The van der Waals surface area contributed by atoms with E-state index in [2.05, 4.69) is 21.0 Å². The van der Waals surface area contributed by atoms with Crippen molar-refractivity contribution in [2.45, 2.75) is 20.0 Å². The van der Waals surface area contributed by atoms with Crippen LogP contribution in [0.1, 0.15) is 31.2 Å². The molecular weight excluding hydrogens is 324 g/mol. The van der Waals surface area contributed by atoms with Gasteiger partial charge >= 0.3 is 5.97 Å². The van der Waals surface area contributed by atoms with Crippen molar-refractivity contribution < 1.29 is 9.53 Å². The molecule has 1 N–H and O–H groups in total. The summed E-state index contributed by atoms with van der Waals surface area (Å²) in [5.74, 6) is -0.327. The number of aromatic amines is 1. The van der Waals surface area contributed by atoms with Crippen LogP contribution in [0.2, 0.25) is 0 Å². The third kappa shape index (κ3) is 3.19. The van der Waals surface area contributed by atoms with Gasteiger partial charge in [0.1, 0.15) is 22.9 Å². The average molecular weight is 338 g/mol. The van der Waals surface area contributed by atoms with Gasteiger partial charge in [0.2, 0.25) is 0 Å². The predicted molar refractivity (Wildman–Crippen MR) is 90.0 cm³/mol. The van der Waals surface area contributed by atoms with Crippen molar-refractivity contribution >= 4 is 17.3 Å². The summed E-state index contributed by atoms with van der Waals surface area (Å²) in [6, 6.07) is 5.66. The first-order chi connectivity index (χ1) is 11.6. The first-order valence-electron chi connectivity index (χ1n) is 7.24. The van der Waals surface area contributed by atoms with Crippen LogP contribution in [-0.4, -0.2) is 20.9 Å². The van der Waals surface area contributed by atoms with Crippen molar-refractivity contribution in [2.75, 3.05) is 0 Å². The maximum Gasteiger partial charge on any atom is 0.303 e. The Morgan fingerprint density at radius 3 is 3.00 bits per heavy atom. The molecule has 0 aliphatic rings. The Labute approximate surface area is 142 Å². The minimum absolute atomic E-state index is 0.327. The van der Waals surface area contributed by atoms with Gasteiger partial charge in [-0.25, -0.2) is 4.98 Å². The lowest BCUT2D eigenvalue weighted by Crippen LogP contribution is -2.06. The number of ether oxygens (including phenoxy) is 1. The molecule has 0 fully saturated rings. The molecule has 0 aliphatic carbocycles. The first-order valence-corrected chi connectivity index (χ1v) is 8.06. The van der Waals surface area contributed by atoms with Crippen LogP contribution >= 0.6 is 11.3 Å². The van der Waals surface area contributed by atoms with Gasteiger partial charge in [0.25, 0.3) is 0 Å². The summed E-state index contributed by atoms with van der Waals surface area (Å²) in [5.41, 5.74) is 3.11. The zero-order valence-corrected chi connectivity index (χ0v) is 13.9. The number of hydrogen-bond acceptors (Lipinski definition) is 6. The summed E-state index contributed by atoms with van der Waals surface area (Å²) in [4.78, 5) is 23.6. The highest BCUT2D eigenvalue weighted by atomic mass is 32.1. The maximum atomic E-state index is 11.2. The van der Waals surface area contributed by atoms with Gasteiger partial charge in [0.15, 0.2) is 0 Å². The van der Waals surface area contributed by atoms with E-state index in [1.807, 2.05) is 13.0 Å². The monoisotopic (exact) mass is 338 g/mol. The molecular formula is C17H14N4O2S. The number of nitrogens with zero attached hydrogens (tertiary/aromatic N) is 3. The van der Waals surface area contributed by atoms with Crippen molar-refractivity contribution in [3.05, 3.63) is 48.2 Å². The molecule has 0 radical (unpaired) electrons. The number of pyridine rings is 1. The van der Waals surface area contributed by atoms with E-state index in [1.165, 1.54) is 18.3 Å². The van der Waals surface area contributed by atoms with Crippen LogP contribution in [0.3, 0.4) is 0 Å². The predicted octanol–water partition coefficient (Wildman–Crippen LogP) is 3.70. The lowest BCUT2D eigenvalue weighted by Gasteiger charge is -2.15. The van der Waals surface area contributed by atoms with Crippen molar-refractivity contribution in [3.63, 3.8) is 0 Å². The highest BCUT2D eigenvalue weighted by Crippen LogP contribution is 2.36. The van der Waals surface area contributed by atoms with Gasteiger partial charge in [-0.3, -0.25) is 9.78 Å². The third-order valence-electron chi connectivity index (χ3n) is 3.46. The fourth-order valence-electron chi connectivity index (χ4n) is 2.39. The standard InChI is InChI=1S/C17H14N4O2S/c1-10(23-11(2)22)14-3-4-19-8-15(14)16-9-21-17(24-16)12-5-13(6-18)20-7-12/h3-5,7-10,20H,1-2H3. The second-order valence-electron chi connectivity index (χ2n) is 5.16. The number of aromatic nitrogens is 3.